The largest absolute Gasteiger partial charge is 0.478 e. The number of anilines is 1. The number of furan rings is 1. The van der Waals surface area contributed by atoms with Gasteiger partial charge in [-0.2, -0.15) is 5.26 Å². The first-order valence-electron chi connectivity index (χ1n) is 8.55. The van der Waals surface area contributed by atoms with Gasteiger partial charge in [-0.1, -0.05) is 35.5 Å². The van der Waals surface area contributed by atoms with Gasteiger partial charge in [0, 0.05) is 16.7 Å². The maximum Gasteiger partial charge on any atom is 0.335 e. The third-order valence-electron chi connectivity index (χ3n) is 3.86. The molecule has 3 rings (SSSR count). The Morgan fingerprint density at radius 1 is 1.14 bits per heavy atom. The average molecular weight is 404 g/mol. The normalized spacial score (nSPS) is 11.0. The number of carbonyl (C=O) groups excluding carboxylic acids is 1. The summed E-state index contributed by atoms with van der Waals surface area (Å²) < 4.78 is 5.68. The highest BCUT2D eigenvalue weighted by atomic mass is 32.2. The molecule has 0 aliphatic rings. The van der Waals surface area contributed by atoms with Crippen LogP contribution in [0.15, 0.2) is 80.6 Å². The zero-order valence-corrected chi connectivity index (χ0v) is 16.2. The fourth-order valence-electron chi connectivity index (χ4n) is 2.41. The molecule has 0 bridgehead atoms. The number of hydrogen-bond donors (Lipinski definition) is 2. The maximum absolute atomic E-state index is 12.4. The molecule has 144 valence electrons. The van der Waals surface area contributed by atoms with Gasteiger partial charge in [-0.15, -0.1) is 0 Å². The third kappa shape index (κ3) is 5.37. The average Bonchev–Trinajstić information content (AvgIpc) is 3.15. The van der Waals surface area contributed by atoms with E-state index in [-0.39, 0.29) is 16.8 Å². The Kier molecular flexibility index (Phi) is 6.17. The standard InChI is InChI=1S/C22H16N2O4S/c1-14-5-8-19(9-6-14)29-20-10-7-18(28-20)12-16(13-23)21(25)24-17-4-2-3-15(11-17)22(26)27/h2-12H,1H3,(H,24,25)(H,26,27)/b16-12-. The molecule has 6 nitrogen and oxygen atoms in total. The van der Waals surface area contributed by atoms with Crippen LogP contribution < -0.4 is 5.32 Å². The number of nitriles is 1. The van der Waals surface area contributed by atoms with Gasteiger partial charge in [0.05, 0.1) is 5.56 Å². The van der Waals surface area contributed by atoms with Gasteiger partial charge in [0.15, 0.2) is 5.09 Å². The molecule has 0 spiro atoms. The summed E-state index contributed by atoms with van der Waals surface area (Å²) in [4.78, 5) is 24.4. The Morgan fingerprint density at radius 3 is 2.59 bits per heavy atom. The number of benzene rings is 2. The van der Waals surface area contributed by atoms with Gasteiger partial charge in [-0.05, 0) is 49.4 Å². The number of amides is 1. The smallest absolute Gasteiger partial charge is 0.335 e. The molecule has 7 heteroatoms. The van der Waals surface area contributed by atoms with E-state index in [4.69, 9.17) is 9.52 Å². The fourth-order valence-corrected chi connectivity index (χ4v) is 3.19. The van der Waals surface area contributed by atoms with Crippen LogP contribution >= 0.6 is 11.8 Å². The van der Waals surface area contributed by atoms with Crippen molar-refractivity contribution in [3.63, 3.8) is 0 Å². The highest BCUT2D eigenvalue weighted by Crippen LogP contribution is 2.30. The number of carboxylic acid groups (broad SMARTS) is 1. The van der Waals surface area contributed by atoms with E-state index in [1.54, 1.807) is 18.2 Å². The number of hydrogen-bond acceptors (Lipinski definition) is 5. The van der Waals surface area contributed by atoms with Crippen LogP contribution in [0, 0.1) is 18.3 Å². The molecule has 0 saturated heterocycles. The van der Waals surface area contributed by atoms with Crippen molar-refractivity contribution < 1.29 is 19.1 Å². The highest BCUT2D eigenvalue weighted by Gasteiger charge is 2.12. The van der Waals surface area contributed by atoms with E-state index in [1.165, 1.54) is 36.0 Å². The molecule has 0 saturated carbocycles. The lowest BCUT2D eigenvalue weighted by Crippen LogP contribution is -2.13. The summed E-state index contributed by atoms with van der Waals surface area (Å²) in [6.45, 7) is 2.01. The van der Waals surface area contributed by atoms with E-state index in [0.29, 0.717) is 10.9 Å². The summed E-state index contributed by atoms with van der Waals surface area (Å²) in [6, 6.07) is 19.0. The van der Waals surface area contributed by atoms with Crippen LogP contribution in [0.1, 0.15) is 21.7 Å². The van der Waals surface area contributed by atoms with Crippen LogP contribution in [0.4, 0.5) is 5.69 Å². The number of nitrogens with zero attached hydrogens (tertiary/aromatic N) is 1. The van der Waals surface area contributed by atoms with Crippen LogP contribution in [-0.2, 0) is 4.79 Å². The van der Waals surface area contributed by atoms with Gasteiger partial charge >= 0.3 is 5.97 Å². The first kappa shape index (κ1) is 20.0. The molecule has 0 aliphatic heterocycles. The monoisotopic (exact) mass is 404 g/mol. The Hall–Kier alpha value is -3.76. The summed E-state index contributed by atoms with van der Waals surface area (Å²) in [6.07, 6.45) is 1.34. The lowest BCUT2D eigenvalue weighted by Gasteiger charge is -2.05. The fraction of sp³-hybridized carbons (Fsp3) is 0.0455. The number of aromatic carboxylic acids is 1. The van der Waals surface area contributed by atoms with Crippen molar-refractivity contribution in [2.24, 2.45) is 0 Å². The zero-order valence-electron chi connectivity index (χ0n) is 15.4. The van der Waals surface area contributed by atoms with Gasteiger partial charge in [-0.3, -0.25) is 4.79 Å². The summed E-state index contributed by atoms with van der Waals surface area (Å²) in [5.74, 6) is -1.39. The van der Waals surface area contributed by atoms with Gasteiger partial charge in [0.25, 0.3) is 5.91 Å². The second-order valence-corrected chi connectivity index (χ2v) is 7.16. The molecule has 29 heavy (non-hydrogen) atoms. The maximum atomic E-state index is 12.4. The number of carboxylic acids is 1. The number of aryl methyl sites for hydroxylation is 1. The number of nitrogens with one attached hydrogen (secondary N) is 1. The van der Waals surface area contributed by atoms with E-state index in [2.05, 4.69) is 5.32 Å². The van der Waals surface area contributed by atoms with Crippen molar-refractivity contribution in [2.45, 2.75) is 16.9 Å². The van der Waals surface area contributed by atoms with Crippen molar-refractivity contribution >= 4 is 35.4 Å². The molecule has 0 fully saturated rings. The van der Waals surface area contributed by atoms with E-state index >= 15 is 0 Å². The van der Waals surface area contributed by atoms with Crippen LogP contribution in [0.25, 0.3) is 6.08 Å². The molecular weight excluding hydrogens is 388 g/mol. The number of carbonyl (C=O) groups is 2. The third-order valence-corrected chi connectivity index (χ3v) is 4.79. The predicted octanol–water partition coefficient (Wildman–Crippen LogP) is 4.98. The van der Waals surface area contributed by atoms with E-state index in [1.807, 2.05) is 37.3 Å². The zero-order chi connectivity index (χ0) is 20.8. The molecular formula is C22H16N2O4S. The Bertz CT molecular complexity index is 1120. The van der Waals surface area contributed by atoms with E-state index in [9.17, 15) is 14.9 Å². The second-order valence-electron chi connectivity index (χ2n) is 6.08. The minimum atomic E-state index is -1.11. The Balaban J connectivity index is 1.72. The molecule has 0 aliphatic carbocycles. The topological polar surface area (TPSA) is 103 Å². The van der Waals surface area contributed by atoms with Gasteiger partial charge < -0.3 is 14.8 Å². The second kappa shape index (κ2) is 8.95. The summed E-state index contributed by atoms with van der Waals surface area (Å²) in [5, 5.41) is 21.5. The molecule has 3 aromatic rings. The number of rotatable bonds is 6. The van der Waals surface area contributed by atoms with Crippen molar-refractivity contribution in [1.29, 1.82) is 5.26 Å². The first-order valence-corrected chi connectivity index (χ1v) is 9.37. The molecule has 0 unspecified atom stereocenters. The van der Waals surface area contributed by atoms with Crippen molar-refractivity contribution in [3.8, 4) is 6.07 Å². The molecule has 1 heterocycles. The quantitative estimate of drug-likeness (QED) is 0.443. The van der Waals surface area contributed by atoms with Crippen LogP contribution in [0.2, 0.25) is 0 Å². The molecule has 0 atom stereocenters. The van der Waals surface area contributed by atoms with E-state index in [0.717, 1.165) is 10.5 Å². The summed E-state index contributed by atoms with van der Waals surface area (Å²) in [7, 11) is 0. The van der Waals surface area contributed by atoms with Crippen molar-refractivity contribution in [3.05, 3.63) is 83.1 Å². The lowest BCUT2D eigenvalue weighted by atomic mass is 10.2. The SMILES string of the molecule is Cc1ccc(Sc2ccc(/C=C(/C#N)C(=O)Nc3cccc(C(=O)O)c3)o2)cc1. The molecule has 1 amide bonds. The van der Waals surface area contributed by atoms with Crippen LogP contribution in [-0.4, -0.2) is 17.0 Å². The van der Waals surface area contributed by atoms with E-state index < -0.39 is 11.9 Å². The molecule has 2 aromatic carbocycles. The Morgan fingerprint density at radius 2 is 1.90 bits per heavy atom. The lowest BCUT2D eigenvalue weighted by molar-refractivity contribution is -0.112. The molecule has 1 aromatic heterocycles. The predicted molar refractivity (Wildman–Crippen MR) is 110 cm³/mol. The summed E-state index contributed by atoms with van der Waals surface area (Å²) >= 11 is 1.43. The van der Waals surface area contributed by atoms with Crippen molar-refractivity contribution in [1.82, 2.24) is 0 Å². The Labute approximate surface area is 171 Å². The minimum Gasteiger partial charge on any atom is -0.478 e. The van der Waals surface area contributed by atoms with Gasteiger partial charge in [-0.25, -0.2) is 4.79 Å². The minimum absolute atomic E-state index is 0.0362. The van der Waals surface area contributed by atoms with Crippen LogP contribution in [0.5, 0.6) is 0 Å². The first-order chi connectivity index (χ1) is 13.9. The van der Waals surface area contributed by atoms with Gasteiger partial charge in [0.2, 0.25) is 0 Å². The summed E-state index contributed by atoms with van der Waals surface area (Å²) in [5.41, 5.74) is 1.32. The highest BCUT2D eigenvalue weighted by molar-refractivity contribution is 7.99. The van der Waals surface area contributed by atoms with Gasteiger partial charge in [0.1, 0.15) is 17.4 Å². The van der Waals surface area contributed by atoms with Crippen molar-refractivity contribution in [2.75, 3.05) is 5.32 Å². The molecule has 2 N–H and O–H groups in total. The van der Waals surface area contributed by atoms with Crippen LogP contribution in [0.3, 0.4) is 0 Å². The molecule has 0 radical (unpaired) electrons.